The topological polar surface area (TPSA) is 36.3 Å². The summed E-state index contributed by atoms with van der Waals surface area (Å²) in [7, 11) is 2.16. The monoisotopic (exact) mass is 260 g/mol. The van der Waals surface area contributed by atoms with Gasteiger partial charge in [0.2, 0.25) is 0 Å². The molecule has 0 aromatic heterocycles. The molecule has 0 N–H and O–H groups in total. The van der Waals surface area contributed by atoms with Gasteiger partial charge in [-0.2, -0.15) is 5.26 Å². The minimum absolute atomic E-state index is 0.645. The summed E-state index contributed by atoms with van der Waals surface area (Å²) in [6.07, 6.45) is 2.23. The van der Waals surface area contributed by atoms with Crippen molar-refractivity contribution in [1.82, 2.24) is 4.90 Å². The van der Waals surface area contributed by atoms with E-state index in [0.29, 0.717) is 12.2 Å². The van der Waals surface area contributed by atoms with Gasteiger partial charge in [0.05, 0.1) is 18.2 Å². The van der Waals surface area contributed by atoms with Crippen molar-refractivity contribution in [2.24, 2.45) is 5.92 Å². The molecule has 1 unspecified atom stereocenters. The van der Waals surface area contributed by atoms with E-state index in [1.807, 2.05) is 12.1 Å². The van der Waals surface area contributed by atoms with Gasteiger partial charge in [-0.1, -0.05) is 26.3 Å². The number of benzene rings is 1. The standard InChI is InChI=1S/C16H24N2O/c1-4-14(2)13-18(3)9-6-10-19-16-8-5-7-15(11-16)12-17/h5,7-8,11,14H,4,6,9-10,13H2,1-3H3. The summed E-state index contributed by atoms with van der Waals surface area (Å²) in [5.41, 5.74) is 0.645. The zero-order valence-electron chi connectivity index (χ0n) is 12.2. The summed E-state index contributed by atoms with van der Waals surface area (Å²) in [5, 5.41) is 8.80. The molecule has 0 fully saturated rings. The predicted octanol–water partition coefficient (Wildman–Crippen LogP) is 3.31. The lowest BCUT2D eigenvalue weighted by molar-refractivity contribution is 0.241. The summed E-state index contributed by atoms with van der Waals surface area (Å²) in [6.45, 7) is 7.38. The molecule has 1 atom stereocenters. The van der Waals surface area contributed by atoms with Crippen LogP contribution in [0.3, 0.4) is 0 Å². The zero-order chi connectivity index (χ0) is 14.1. The van der Waals surface area contributed by atoms with Crippen molar-refractivity contribution in [2.45, 2.75) is 26.7 Å². The minimum atomic E-state index is 0.645. The maximum absolute atomic E-state index is 8.80. The van der Waals surface area contributed by atoms with Gasteiger partial charge < -0.3 is 9.64 Å². The molecule has 104 valence electrons. The third-order valence-corrected chi connectivity index (χ3v) is 3.24. The second kappa shape index (κ2) is 8.55. The maximum Gasteiger partial charge on any atom is 0.120 e. The molecule has 0 aliphatic rings. The molecule has 19 heavy (non-hydrogen) atoms. The Bertz CT molecular complexity index is 411. The molecule has 3 heteroatoms. The largest absolute Gasteiger partial charge is 0.494 e. The highest BCUT2D eigenvalue weighted by atomic mass is 16.5. The molecule has 0 saturated heterocycles. The molecule has 1 rings (SSSR count). The Hall–Kier alpha value is -1.53. The molecule has 0 amide bonds. The molecule has 3 nitrogen and oxygen atoms in total. The molecule has 0 spiro atoms. The summed E-state index contributed by atoms with van der Waals surface area (Å²) in [6, 6.07) is 9.42. The quantitative estimate of drug-likeness (QED) is 0.673. The Morgan fingerprint density at radius 3 is 2.89 bits per heavy atom. The van der Waals surface area contributed by atoms with Crippen LogP contribution in [0.4, 0.5) is 0 Å². The maximum atomic E-state index is 8.80. The van der Waals surface area contributed by atoms with Crippen molar-refractivity contribution in [3.63, 3.8) is 0 Å². The Morgan fingerprint density at radius 1 is 1.42 bits per heavy atom. The number of rotatable bonds is 8. The van der Waals surface area contributed by atoms with Crippen LogP contribution in [0.2, 0.25) is 0 Å². The number of ether oxygens (including phenoxy) is 1. The van der Waals surface area contributed by atoms with Gasteiger partial charge >= 0.3 is 0 Å². The lowest BCUT2D eigenvalue weighted by atomic mass is 10.1. The molecule has 1 aromatic rings. The van der Waals surface area contributed by atoms with Gasteiger partial charge in [-0.15, -0.1) is 0 Å². The van der Waals surface area contributed by atoms with Crippen LogP contribution in [0, 0.1) is 17.2 Å². The summed E-state index contributed by atoms with van der Waals surface area (Å²) >= 11 is 0. The van der Waals surface area contributed by atoms with E-state index in [1.165, 1.54) is 6.42 Å². The Labute approximate surface area is 116 Å². The predicted molar refractivity (Wildman–Crippen MR) is 78.2 cm³/mol. The van der Waals surface area contributed by atoms with Crippen LogP contribution in [0.5, 0.6) is 5.75 Å². The molecular formula is C16H24N2O. The molecule has 0 aliphatic heterocycles. The van der Waals surface area contributed by atoms with Crippen molar-refractivity contribution >= 4 is 0 Å². The highest BCUT2D eigenvalue weighted by molar-refractivity contribution is 5.36. The van der Waals surface area contributed by atoms with Gasteiger partial charge in [0, 0.05) is 13.1 Å². The Morgan fingerprint density at radius 2 is 2.21 bits per heavy atom. The molecule has 0 saturated carbocycles. The fraction of sp³-hybridized carbons (Fsp3) is 0.562. The van der Waals surface area contributed by atoms with Crippen molar-refractivity contribution < 1.29 is 4.74 Å². The Kier molecular flexibility index (Phi) is 6.99. The number of hydrogen-bond acceptors (Lipinski definition) is 3. The van der Waals surface area contributed by atoms with E-state index in [9.17, 15) is 0 Å². The van der Waals surface area contributed by atoms with Gasteiger partial charge in [-0.3, -0.25) is 0 Å². The van der Waals surface area contributed by atoms with E-state index in [0.717, 1.165) is 31.2 Å². The molecule has 0 heterocycles. The normalized spacial score (nSPS) is 12.2. The van der Waals surface area contributed by atoms with Crippen LogP contribution in [-0.4, -0.2) is 31.6 Å². The van der Waals surface area contributed by atoms with E-state index < -0.39 is 0 Å². The fourth-order valence-electron chi connectivity index (χ4n) is 1.93. The van der Waals surface area contributed by atoms with Gasteiger partial charge in [0.15, 0.2) is 0 Å². The first-order chi connectivity index (χ1) is 9.15. The number of hydrogen-bond donors (Lipinski definition) is 0. The van der Waals surface area contributed by atoms with Crippen molar-refractivity contribution in [1.29, 1.82) is 5.26 Å². The fourth-order valence-corrected chi connectivity index (χ4v) is 1.93. The van der Waals surface area contributed by atoms with Crippen LogP contribution in [0.25, 0.3) is 0 Å². The van der Waals surface area contributed by atoms with E-state index in [-0.39, 0.29) is 0 Å². The first kappa shape index (κ1) is 15.5. The molecule has 0 aliphatic carbocycles. The SMILES string of the molecule is CCC(C)CN(C)CCCOc1cccc(C#N)c1. The number of nitrogens with zero attached hydrogens (tertiary/aromatic N) is 2. The molecule has 0 radical (unpaired) electrons. The summed E-state index contributed by atoms with van der Waals surface area (Å²) < 4.78 is 5.65. The summed E-state index contributed by atoms with van der Waals surface area (Å²) in [5.74, 6) is 1.53. The smallest absolute Gasteiger partial charge is 0.120 e. The third-order valence-electron chi connectivity index (χ3n) is 3.24. The molecular weight excluding hydrogens is 236 g/mol. The van der Waals surface area contributed by atoms with Crippen LogP contribution < -0.4 is 4.74 Å². The zero-order valence-corrected chi connectivity index (χ0v) is 12.2. The minimum Gasteiger partial charge on any atom is -0.494 e. The van der Waals surface area contributed by atoms with Crippen LogP contribution >= 0.6 is 0 Å². The second-order valence-corrected chi connectivity index (χ2v) is 5.12. The first-order valence-electron chi connectivity index (χ1n) is 6.97. The van der Waals surface area contributed by atoms with Crippen LogP contribution in [-0.2, 0) is 0 Å². The van der Waals surface area contributed by atoms with Gasteiger partial charge in [-0.05, 0) is 37.6 Å². The van der Waals surface area contributed by atoms with E-state index in [4.69, 9.17) is 10.00 Å². The van der Waals surface area contributed by atoms with Crippen LogP contribution in [0.15, 0.2) is 24.3 Å². The van der Waals surface area contributed by atoms with E-state index in [1.54, 1.807) is 12.1 Å². The van der Waals surface area contributed by atoms with E-state index >= 15 is 0 Å². The lowest BCUT2D eigenvalue weighted by Gasteiger charge is -2.20. The van der Waals surface area contributed by atoms with Crippen molar-refractivity contribution in [3.8, 4) is 11.8 Å². The van der Waals surface area contributed by atoms with Gasteiger partial charge in [-0.25, -0.2) is 0 Å². The van der Waals surface area contributed by atoms with Crippen molar-refractivity contribution in [2.75, 3.05) is 26.7 Å². The first-order valence-corrected chi connectivity index (χ1v) is 6.97. The average Bonchev–Trinajstić information content (AvgIpc) is 2.43. The van der Waals surface area contributed by atoms with Gasteiger partial charge in [0.1, 0.15) is 5.75 Å². The average molecular weight is 260 g/mol. The van der Waals surface area contributed by atoms with Gasteiger partial charge in [0.25, 0.3) is 0 Å². The van der Waals surface area contributed by atoms with Crippen molar-refractivity contribution in [3.05, 3.63) is 29.8 Å². The lowest BCUT2D eigenvalue weighted by Crippen LogP contribution is -2.26. The van der Waals surface area contributed by atoms with Crippen LogP contribution in [0.1, 0.15) is 32.3 Å². The third kappa shape index (κ3) is 6.26. The molecule has 1 aromatic carbocycles. The molecule has 0 bridgehead atoms. The van der Waals surface area contributed by atoms with E-state index in [2.05, 4.69) is 31.9 Å². The Balaban J connectivity index is 2.22. The highest BCUT2D eigenvalue weighted by Gasteiger charge is 2.04. The second-order valence-electron chi connectivity index (χ2n) is 5.12. The summed E-state index contributed by atoms with van der Waals surface area (Å²) in [4.78, 5) is 2.35. The highest BCUT2D eigenvalue weighted by Crippen LogP contribution is 2.12. The number of nitriles is 1.